The lowest BCUT2D eigenvalue weighted by Gasteiger charge is -2.12. The van der Waals surface area contributed by atoms with Crippen molar-refractivity contribution in [2.45, 2.75) is 107 Å². The fourth-order valence-electron chi connectivity index (χ4n) is 4.63. The minimum Gasteiger partial charge on any atom is -0.271 e. The number of ketones is 1. The Kier molecular flexibility index (Phi) is 6.27. The number of aromatic nitrogens is 4. The minimum absolute atomic E-state index is 0.109. The van der Waals surface area contributed by atoms with E-state index < -0.39 is 0 Å². The number of carbonyl (C=O) groups is 1. The first-order chi connectivity index (χ1) is 12.8. The van der Waals surface area contributed by atoms with Gasteiger partial charge in [0.15, 0.2) is 0 Å². The Labute approximate surface area is 171 Å². The molecule has 0 radical (unpaired) electrons. The zero-order valence-corrected chi connectivity index (χ0v) is 20.0. The molecule has 2 aromatic heterocycles. The van der Waals surface area contributed by atoms with Crippen LogP contribution in [0.2, 0.25) is 0 Å². The van der Waals surface area contributed by atoms with Crippen LogP contribution < -0.4 is 9.13 Å². The summed E-state index contributed by atoms with van der Waals surface area (Å²) in [5.74, 6) is 1.68. The van der Waals surface area contributed by atoms with Gasteiger partial charge in [-0.1, -0.05) is 0 Å². The third kappa shape index (κ3) is 3.33. The van der Waals surface area contributed by atoms with Crippen LogP contribution in [0.1, 0.15) is 119 Å². The van der Waals surface area contributed by atoms with Gasteiger partial charge in [-0.3, -0.25) is 4.79 Å². The number of hydrogen-bond acceptors (Lipinski definition) is 1. The SMILES string of the molecule is Cc1c(C)[n+](C(C)C)c(C(=O)c2n(C(C)C)c(C)c(C)[n+]2C(C)C)n1C(C)C. The molecule has 0 N–H and O–H groups in total. The Balaban J connectivity index is 2.96. The van der Waals surface area contributed by atoms with E-state index in [1.807, 2.05) is 0 Å². The van der Waals surface area contributed by atoms with E-state index in [1.54, 1.807) is 0 Å². The molecule has 5 nitrogen and oxygen atoms in total. The van der Waals surface area contributed by atoms with E-state index in [4.69, 9.17) is 0 Å². The van der Waals surface area contributed by atoms with Crippen molar-refractivity contribution in [1.82, 2.24) is 9.13 Å². The number of imidazole rings is 2. The van der Waals surface area contributed by atoms with Gasteiger partial charge in [0, 0.05) is 27.7 Å². The molecular formula is C23H40N4O+2. The van der Waals surface area contributed by atoms with Crippen LogP contribution in [-0.4, -0.2) is 14.9 Å². The van der Waals surface area contributed by atoms with E-state index >= 15 is 0 Å². The number of carbonyl (C=O) groups excluding carboxylic acids is 1. The second kappa shape index (κ2) is 7.84. The first-order valence-electron chi connectivity index (χ1n) is 10.6. The van der Waals surface area contributed by atoms with Crippen LogP contribution in [0.3, 0.4) is 0 Å². The molecule has 0 aliphatic heterocycles. The summed E-state index contributed by atoms with van der Waals surface area (Å²) in [6.07, 6.45) is 0. The van der Waals surface area contributed by atoms with Crippen LogP contribution in [0, 0.1) is 27.7 Å². The van der Waals surface area contributed by atoms with Gasteiger partial charge < -0.3 is 0 Å². The van der Waals surface area contributed by atoms with Crippen LogP contribution >= 0.6 is 0 Å². The molecule has 2 heterocycles. The summed E-state index contributed by atoms with van der Waals surface area (Å²) in [6.45, 7) is 25.7. The highest BCUT2D eigenvalue weighted by Crippen LogP contribution is 2.23. The molecule has 0 atom stereocenters. The molecule has 0 saturated heterocycles. The normalized spacial score (nSPS) is 12.3. The van der Waals surface area contributed by atoms with Crippen molar-refractivity contribution < 1.29 is 13.9 Å². The summed E-state index contributed by atoms with van der Waals surface area (Å²) in [6, 6.07) is 0.870. The summed E-state index contributed by atoms with van der Waals surface area (Å²) >= 11 is 0. The highest BCUT2D eigenvalue weighted by atomic mass is 16.1. The fraction of sp³-hybridized carbons (Fsp3) is 0.696. The van der Waals surface area contributed by atoms with E-state index in [2.05, 4.69) is 101 Å². The monoisotopic (exact) mass is 388 g/mol. The summed E-state index contributed by atoms with van der Waals surface area (Å²) in [4.78, 5) is 14.2. The molecule has 2 aromatic rings. The maximum absolute atomic E-state index is 14.2. The fourth-order valence-corrected chi connectivity index (χ4v) is 4.63. The largest absolute Gasteiger partial charge is 0.355 e. The van der Waals surface area contributed by atoms with Crippen molar-refractivity contribution in [3.8, 4) is 0 Å². The summed E-state index contributed by atoms with van der Waals surface area (Å²) in [5, 5.41) is 0. The Morgan fingerprint density at radius 2 is 0.929 bits per heavy atom. The molecule has 156 valence electrons. The first kappa shape index (κ1) is 22.4. The molecule has 2 rings (SSSR count). The van der Waals surface area contributed by atoms with E-state index in [0.29, 0.717) is 0 Å². The second-order valence-corrected chi connectivity index (χ2v) is 9.17. The first-order valence-corrected chi connectivity index (χ1v) is 10.6. The van der Waals surface area contributed by atoms with Gasteiger partial charge in [-0.25, -0.2) is 18.3 Å². The van der Waals surface area contributed by atoms with Crippen molar-refractivity contribution in [2.24, 2.45) is 0 Å². The van der Waals surface area contributed by atoms with Crippen LogP contribution in [0.5, 0.6) is 0 Å². The average Bonchev–Trinajstić information content (AvgIpc) is 2.99. The van der Waals surface area contributed by atoms with Gasteiger partial charge >= 0.3 is 17.4 Å². The zero-order valence-electron chi connectivity index (χ0n) is 20.0. The van der Waals surface area contributed by atoms with E-state index in [0.717, 1.165) is 11.6 Å². The smallest absolute Gasteiger partial charge is 0.271 e. The Bertz CT molecular complexity index is 760. The zero-order chi connectivity index (χ0) is 21.7. The third-order valence-electron chi connectivity index (χ3n) is 5.88. The van der Waals surface area contributed by atoms with Gasteiger partial charge in [-0.15, -0.1) is 0 Å². The van der Waals surface area contributed by atoms with E-state index in [1.165, 1.54) is 22.8 Å². The van der Waals surface area contributed by atoms with Crippen LogP contribution in [0.25, 0.3) is 0 Å². The highest BCUT2D eigenvalue weighted by Gasteiger charge is 2.43. The van der Waals surface area contributed by atoms with Crippen molar-refractivity contribution in [3.63, 3.8) is 0 Å². The molecule has 0 unspecified atom stereocenters. The van der Waals surface area contributed by atoms with Crippen molar-refractivity contribution in [2.75, 3.05) is 0 Å². The van der Waals surface area contributed by atoms with Gasteiger partial charge in [0.2, 0.25) is 0 Å². The predicted octanol–water partition coefficient (Wildman–Crippen LogP) is 4.65. The highest BCUT2D eigenvalue weighted by molar-refractivity contribution is 6.02. The van der Waals surface area contributed by atoms with Gasteiger partial charge in [0.1, 0.15) is 22.8 Å². The molecule has 0 aromatic carbocycles. The van der Waals surface area contributed by atoms with Crippen LogP contribution in [0.4, 0.5) is 0 Å². The molecule has 5 heteroatoms. The van der Waals surface area contributed by atoms with Crippen LogP contribution in [-0.2, 0) is 0 Å². The second-order valence-electron chi connectivity index (χ2n) is 9.17. The van der Waals surface area contributed by atoms with Gasteiger partial charge in [-0.2, -0.15) is 0 Å². The summed E-state index contributed by atoms with van der Waals surface area (Å²) in [5.41, 5.74) is 4.66. The molecule has 0 spiro atoms. The lowest BCUT2D eigenvalue weighted by Crippen LogP contribution is -2.49. The Morgan fingerprint density at radius 1 is 0.643 bits per heavy atom. The molecule has 0 amide bonds. The molecule has 28 heavy (non-hydrogen) atoms. The molecule has 0 bridgehead atoms. The Hall–Kier alpha value is -1.91. The summed E-state index contributed by atoms with van der Waals surface area (Å²) in [7, 11) is 0. The van der Waals surface area contributed by atoms with Crippen molar-refractivity contribution >= 4 is 5.78 Å². The number of rotatable bonds is 6. The number of hydrogen-bond donors (Lipinski definition) is 0. The lowest BCUT2D eigenvalue weighted by atomic mass is 10.2. The van der Waals surface area contributed by atoms with E-state index in [9.17, 15) is 4.79 Å². The lowest BCUT2D eigenvalue weighted by molar-refractivity contribution is -0.729. The van der Waals surface area contributed by atoms with E-state index in [-0.39, 0.29) is 30.0 Å². The number of nitrogens with zero attached hydrogens (tertiary/aromatic N) is 4. The summed E-state index contributed by atoms with van der Waals surface area (Å²) < 4.78 is 8.85. The molecule has 0 aliphatic rings. The Morgan fingerprint density at radius 3 is 1.14 bits per heavy atom. The average molecular weight is 389 g/mol. The predicted molar refractivity (Wildman–Crippen MR) is 113 cm³/mol. The molecule has 0 fully saturated rings. The maximum Gasteiger partial charge on any atom is 0.355 e. The standard InChI is InChI=1S/C23H40N4O/c1-13(2)24-17(9)18(10)25(14(3)4)22(24)21(28)23-26(15(5)6)19(11)20(12)27(23)16(7)8/h13-16H,1-12H3/q+2. The van der Waals surface area contributed by atoms with Crippen molar-refractivity contribution in [1.29, 1.82) is 0 Å². The van der Waals surface area contributed by atoms with Crippen LogP contribution in [0.15, 0.2) is 0 Å². The molecular weight excluding hydrogens is 348 g/mol. The van der Waals surface area contributed by atoms with Gasteiger partial charge in [-0.05, 0) is 55.4 Å². The quantitative estimate of drug-likeness (QED) is 0.524. The topological polar surface area (TPSA) is 34.7 Å². The minimum atomic E-state index is 0.109. The third-order valence-corrected chi connectivity index (χ3v) is 5.88. The maximum atomic E-state index is 14.2. The van der Waals surface area contributed by atoms with Gasteiger partial charge in [0.25, 0.3) is 0 Å². The molecule has 0 saturated carbocycles. The van der Waals surface area contributed by atoms with Crippen molar-refractivity contribution in [3.05, 3.63) is 34.4 Å². The molecule has 0 aliphatic carbocycles. The van der Waals surface area contributed by atoms with Gasteiger partial charge in [0.05, 0.1) is 24.2 Å².